The van der Waals surface area contributed by atoms with Crippen LogP contribution < -0.4 is 10.5 Å². The lowest BCUT2D eigenvalue weighted by Crippen LogP contribution is -2.17. The van der Waals surface area contributed by atoms with Crippen molar-refractivity contribution in [3.8, 4) is 11.8 Å². The highest BCUT2D eigenvalue weighted by Gasteiger charge is 2.17. The number of hydrogen-bond acceptors (Lipinski definition) is 5. The normalized spacial score (nSPS) is 11.4. The van der Waals surface area contributed by atoms with Gasteiger partial charge in [0.05, 0.1) is 18.4 Å². The van der Waals surface area contributed by atoms with E-state index in [2.05, 4.69) is 0 Å². The van der Waals surface area contributed by atoms with E-state index < -0.39 is 12.1 Å². The van der Waals surface area contributed by atoms with Gasteiger partial charge >= 0.3 is 5.97 Å². The van der Waals surface area contributed by atoms with Gasteiger partial charge in [0.1, 0.15) is 11.8 Å². The van der Waals surface area contributed by atoms with Gasteiger partial charge in [0.2, 0.25) is 0 Å². The van der Waals surface area contributed by atoms with Gasteiger partial charge in [0.15, 0.2) is 6.10 Å². The zero-order chi connectivity index (χ0) is 12.8. The van der Waals surface area contributed by atoms with Gasteiger partial charge in [-0.2, -0.15) is 5.26 Å². The minimum atomic E-state index is -0.756. The average molecular weight is 234 g/mol. The molecule has 1 rings (SSSR count). The molecule has 0 heterocycles. The van der Waals surface area contributed by atoms with Crippen molar-refractivity contribution in [3.05, 3.63) is 23.8 Å². The molecule has 0 bridgehead atoms. The van der Waals surface area contributed by atoms with E-state index in [-0.39, 0.29) is 11.3 Å². The Balaban J connectivity index is 2.94. The molecule has 0 saturated carbocycles. The summed E-state index contributed by atoms with van der Waals surface area (Å²) >= 11 is 0. The maximum atomic E-state index is 11.8. The fourth-order valence-corrected chi connectivity index (χ4v) is 1.29. The Labute approximate surface area is 99.7 Å². The Morgan fingerprint density at radius 1 is 1.59 bits per heavy atom. The number of nitrogen functional groups attached to an aromatic ring is 1. The third-order valence-corrected chi connectivity index (χ3v) is 2.27. The van der Waals surface area contributed by atoms with E-state index in [1.54, 1.807) is 19.1 Å². The molecule has 0 aliphatic heterocycles. The number of nitriles is 1. The molecule has 0 fully saturated rings. The number of nitrogens with two attached hydrogens (primary N) is 1. The van der Waals surface area contributed by atoms with Gasteiger partial charge in [-0.3, -0.25) is 0 Å². The van der Waals surface area contributed by atoms with E-state index in [1.807, 2.05) is 6.07 Å². The lowest BCUT2D eigenvalue weighted by molar-refractivity contribution is 0.0402. The molecule has 0 aromatic heterocycles. The lowest BCUT2D eigenvalue weighted by Gasteiger charge is -2.11. The van der Waals surface area contributed by atoms with Gasteiger partial charge in [-0.1, -0.05) is 13.0 Å². The second-order valence-corrected chi connectivity index (χ2v) is 3.35. The molecule has 1 aromatic carbocycles. The van der Waals surface area contributed by atoms with Crippen molar-refractivity contribution in [2.24, 2.45) is 0 Å². The van der Waals surface area contributed by atoms with Gasteiger partial charge in [-0.25, -0.2) is 4.79 Å². The number of hydrogen-bond donors (Lipinski definition) is 1. The number of ether oxygens (including phenoxy) is 2. The monoisotopic (exact) mass is 234 g/mol. The van der Waals surface area contributed by atoms with Gasteiger partial charge in [0.25, 0.3) is 0 Å². The fraction of sp³-hybridized carbons (Fsp3) is 0.333. The van der Waals surface area contributed by atoms with Gasteiger partial charge in [0, 0.05) is 0 Å². The van der Waals surface area contributed by atoms with E-state index in [0.717, 1.165) is 0 Å². The van der Waals surface area contributed by atoms with Crippen LogP contribution in [0.5, 0.6) is 5.75 Å². The average Bonchev–Trinajstić information content (AvgIpc) is 2.35. The van der Waals surface area contributed by atoms with E-state index in [4.69, 9.17) is 20.5 Å². The number of carbonyl (C=O) groups excluding carboxylic acids is 1. The van der Waals surface area contributed by atoms with E-state index >= 15 is 0 Å². The Morgan fingerprint density at radius 2 is 2.29 bits per heavy atom. The summed E-state index contributed by atoms with van der Waals surface area (Å²) in [4.78, 5) is 11.8. The lowest BCUT2D eigenvalue weighted by atomic mass is 10.1. The molecule has 0 aliphatic carbocycles. The van der Waals surface area contributed by atoms with Gasteiger partial charge < -0.3 is 15.2 Å². The number of carbonyl (C=O) groups is 1. The Kier molecular flexibility index (Phi) is 4.35. The summed E-state index contributed by atoms with van der Waals surface area (Å²) in [5.74, 6) is -0.209. The first-order valence-corrected chi connectivity index (χ1v) is 5.17. The molecule has 2 N–H and O–H groups in total. The summed E-state index contributed by atoms with van der Waals surface area (Å²) in [7, 11) is 1.46. The molecule has 1 unspecified atom stereocenters. The van der Waals surface area contributed by atoms with Crippen LogP contribution in [-0.4, -0.2) is 19.2 Å². The van der Waals surface area contributed by atoms with Crippen LogP contribution in [0.4, 0.5) is 5.69 Å². The first kappa shape index (κ1) is 12.8. The molecule has 17 heavy (non-hydrogen) atoms. The SMILES string of the molecule is CCC(C#N)OC(=O)c1cccc(OC)c1N. The van der Waals surface area contributed by atoms with Crippen molar-refractivity contribution in [3.63, 3.8) is 0 Å². The van der Waals surface area contributed by atoms with Crippen molar-refractivity contribution in [2.75, 3.05) is 12.8 Å². The van der Waals surface area contributed by atoms with Crippen molar-refractivity contribution in [1.29, 1.82) is 5.26 Å². The third kappa shape index (κ3) is 2.88. The zero-order valence-corrected chi connectivity index (χ0v) is 9.77. The van der Waals surface area contributed by atoms with Crippen molar-refractivity contribution in [1.82, 2.24) is 0 Å². The Bertz CT molecular complexity index is 452. The maximum Gasteiger partial charge on any atom is 0.341 e. The molecule has 0 aliphatic rings. The van der Waals surface area contributed by atoms with Crippen molar-refractivity contribution in [2.45, 2.75) is 19.4 Å². The quantitative estimate of drug-likeness (QED) is 0.633. The predicted octanol–water partition coefficient (Wildman–Crippen LogP) is 1.74. The summed E-state index contributed by atoms with van der Waals surface area (Å²) < 4.78 is 9.98. The van der Waals surface area contributed by atoms with E-state index in [0.29, 0.717) is 12.2 Å². The summed E-state index contributed by atoms with van der Waals surface area (Å²) in [5.41, 5.74) is 6.17. The largest absolute Gasteiger partial charge is 0.495 e. The fourth-order valence-electron chi connectivity index (χ4n) is 1.29. The van der Waals surface area contributed by atoms with Crippen LogP contribution in [0.1, 0.15) is 23.7 Å². The van der Waals surface area contributed by atoms with Crippen LogP contribution in [0.25, 0.3) is 0 Å². The molecule has 0 spiro atoms. The third-order valence-electron chi connectivity index (χ3n) is 2.27. The zero-order valence-electron chi connectivity index (χ0n) is 9.77. The van der Waals surface area contributed by atoms with Gasteiger partial charge in [-0.15, -0.1) is 0 Å². The van der Waals surface area contributed by atoms with Crippen molar-refractivity contribution < 1.29 is 14.3 Å². The Hall–Kier alpha value is -2.22. The first-order valence-electron chi connectivity index (χ1n) is 5.17. The van der Waals surface area contributed by atoms with E-state index in [1.165, 1.54) is 13.2 Å². The number of esters is 1. The number of anilines is 1. The number of rotatable bonds is 4. The molecule has 5 heteroatoms. The number of nitrogens with zero attached hydrogens (tertiary/aromatic N) is 1. The molecule has 1 aromatic rings. The second-order valence-electron chi connectivity index (χ2n) is 3.35. The highest BCUT2D eigenvalue weighted by atomic mass is 16.5. The van der Waals surface area contributed by atoms with Crippen LogP contribution in [0, 0.1) is 11.3 Å². The molecular weight excluding hydrogens is 220 g/mol. The summed E-state index contributed by atoms with van der Waals surface area (Å²) in [5, 5.41) is 8.71. The Morgan fingerprint density at radius 3 is 2.82 bits per heavy atom. The van der Waals surface area contributed by atoms with Crippen LogP contribution >= 0.6 is 0 Å². The topological polar surface area (TPSA) is 85.3 Å². The smallest absolute Gasteiger partial charge is 0.341 e. The number of para-hydroxylation sites is 1. The van der Waals surface area contributed by atoms with Crippen LogP contribution in [-0.2, 0) is 4.74 Å². The van der Waals surface area contributed by atoms with Crippen LogP contribution in [0.15, 0.2) is 18.2 Å². The summed E-state index contributed by atoms with van der Waals surface area (Å²) in [6.45, 7) is 1.76. The molecule has 1 atom stereocenters. The molecule has 5 nitrogen and oxygen atoms in total. The first-order chi connectivity index (χ1) is 8.13. The maximum absolute atomic E-state index is 11.8. The highest BCUT2D eigenvalue weighted by Crippen LogP contribution is 2.25. The molecule has 0 saturated heterocycles. The number of benzene rings is 1. The number of methoxy groups -OCH3 is 1. The molecular formula is C12H14N2O3. The van der Waals surface area contributed by atoms with Crippen LogP contribution in [0.2, 0.25) is 0 Å². The minimum absolute atomic E-state index is 0.207. The second kappa shape index (κ2) is 5.75. The molecule has 0 amide bonds. The van der Waals surface area contributed by atoms with Gasteiger partial charge in [-0.05, 0) is 18.6 Å². The molecule has 0 radical (unpaired) electrons. The predicted molar refractivity (Wildman–Crippen MR) is 62.5 cm³/mol. The minimum Gasteiger partial charge on any atom is -0.495 e. The summed E-state index contributed by atoms with van der Waals surface area (Å²) in [6, 6.07) is 6.70. The highest BCUT2D eigenvalue weighted by molar-refractivity contribution is 5.96. The summed E-state index contributed by atoms with van der Waals surface area (Å²) in [6.07, 6.45) is -0.320. The van der Waals surface area contributed by atoms with Crippen LogP contribution in [0.3, 0.4) is 0 Å². The van der Waals surface area contributed by atoms with E-state index in [9.17, 15) is 4.79 Å². The molecule has 90 valence electrons. The standard InChI is InChI=1S/C12H14N2O3/c1-3-8(7-13)17-12(15)9-5-4-6-10(16-2)11(9)14/h4-6,8H,3,14H2,1-2H3. The van der Waals surface area contributed by atoms with Crippen molar-refractivity contribution >= 4 is 11.7 Å².